The van der Waals surface area contributed by atoms with Gasteiger partial charge in [-0.05, 0) is 16.3 Å². The van der Waals surface area contributed by atoms with Crippen molar-refractivity contribution < 1.29 is 4.79 Å². The minimum atomic E-state index is -0.659. The lowest BCUT2D eigenvalue weighted by Crippen LogP contribution is -2.25. The van der Waals surface area contributed by atoms with Gasteiger partial charge in [0.1, 0.15) is 5.82 Å². The number of carbonyl (C=O) groups excluding carboxylic acids is 1. The smallest absolute Gasteiger partial charge is 0.312 e. The van der Waals surface area contributed by atoms with E-state index in [2.05, 4.69) is 10.3 Å². The summed E-state index contributed by atoms with van der Waals surface area (Å²) in [7, 11) is 0. The van der Waals surface area contributed by atoms with Gasteiger partial charge in [-0.15, -0.1) is 0 Å². The molecule has 3 N–H and O–H groups in total. The predicted molar refractivity (Wildman–Crippen MR) is 84.0 cm³/mol. The monoisotopic (exact) mass is 295 g/mol. The SMILES string of the molecule is O=C(Cc1cccc2ccccc12)Nc1cc(=O)[nH]c(=O)[nH]1. The molecule has 0 bridgehead atoms. The minimum Gasteiger partial charge on any atom is -0.312 e. The number of H-pyrrole nitrogens is 2. The second kappa shape index (κ2) is 5.69. The molecule has 22 heavy (non-hydrogen) atoms. The van der Waals surface area contributed by atoms with E-state index in [9.17, 15) is 14.4 Å². The van der Waals surface area contributed by atoms with Crippen molar-refractivity contribution in [3.05, 3.63) is 74.9 Å². The van der Waals surface area contributed by atoms with Crippen molar-refractivity contribution in [3.8, 4) is 0 Å². The zero-order chi connectivity index (χ0) is 15.5. The molecule has 1 amide bonds. The molecule has 6 nitrogen and oxygen atoms in total. The fourth-order valence-electron chi connectivity index (χ4n) is 2.35. The lowest BCUT2D eigenvalue weighted by atomic mass is 10.0. The first-order valence-corrected chi connectivity index (χ1v) is 6.72. The van der Waals surface area contributed by atoms with Crippen LogP contribution >= 0.6 is 0 Å². The zero-order valence-corrected chi connectivity index (χ0v) is 11.6. The van der Waals surface area contributed by atoms with Crippen LogP contribution in [0.2, 0.25) is 0 Å². The molecule has 0 spiro atoms. The molecule has 0 saturated heterocycles. The maximum atomic E-state index is 12.1. The van der Waals surface area contributed by atoms with Gasteiger partial charge in [0, 0.05) is 6.07 Å². The van der Waals surface area contributed by atoms with Gasteiger partial charge in [0.05, 0.1) is 6.42 Å². The maximum absolute atomic E-state index is 12.1. The summed E-state index contributed by atoms with van der Waals surface area (Å²) >= 11 is 0. The van der Waals surface area contributed by atoms with Crippen LogP contribution in [0.4, 0.5) is 5.82 Å². The molecule has 6 heteroatoms. The second-order valence-electron chi connectivity index (χ2n) is 4.86. The normalized spacial score (nSPS) is 10.5. The van der Waals surface area contributed by atoms with Crippen LogP contribution < -0.4 is 16.6 Å². The Morgan fingerprint density at radius 3 is 2.59 bits per heavy atom. The molecule has 0 unspecified atom stereocenters. The van der Waals surface area contributed by atoms with Gasteiger partial charge in [-0.2, -0.15) is 0 Å². The third-order valence-corrected chi connectivity index (χ3v) is 3.27. The van der Waals surface area contributed by atoms with Gasteiger partial charge in [0.25, 0.3) is 5.56 Å². The first kappa shape index (κ1) is 13.8. The van der Waals surface area contributed by atoms with Gasteiger partial charge in [-0.1, -0.05) is 42.5 Å². The molecule has 1 heterocycles. The predicted octanol–water partition coefficient (Wildman–Crippen LogP) is 1.40. The van der Waals surface area contributed by atoms with E-state index in [-0.39, 0.29) is 18.1 Å². The van der Waals surface area contributed by atoms with E-state index in [1.54, 1.807) is 0 Å². The first-order chi connectivity index (χ1) is 10.6. The summed E-state index contributed by atoms with van der Waals surface area (Å²) in [5.41, 5.74) is -0.347. The van der Waals surface area contributed by atoms with Crippen LogP contribution in [0.15, 0.2) is 58.1 Å². The number of nitrogens with one attached hydrogen (secondary N) is 3. The topological polar surface area (TPSA) is 94.8 Å². The van der Waals surface area contributed by atoms with Crippen molar-refractivity contribution in [2.45, 2.75) is 6.42 Å². The summed E-state index contributed by atoms with van der Waals surface area (Å²) in [5, 5.41) is 4.57. The van der Waals surface area contributed by atoms with E-state index < -0.39 is 11.2 Å². The van der Waals surface area contributed by atoms with Crippen molar-refractivity contribution in [1.29, 1.82) is 0 Å². The highest BCUT2D eigenvalue weighted by Gasteiger charge is 2.08. The molecule has 1 aromatic heterocycles. The highest BCUT2D eigenvalue weighted by Crippen LogP contribution is 2.19. The molecular formula is C16H13N3O3. The third kappa shape index (κ3) is 2.95. The Labute approximate surface area is 124 Å². The van der Waals surface area contributed by atoms with Crippen LogP contribution in [-0.4, -0.2) is 15.9 Å². The first-order valence-electron chi connectivity index (χ1n) is 6.72. The van der Waals surface area contributed by atoms with E-state index in [1.165, 1.54) is 0 Å². The van der Waals surface area contributed by atoms with Crippen LogP contribution in [0.25, 0.3) is 10.8 Å². The molecule has 0 aliphatic rings. The van der Waals surface area contributed by atoms with E-state index in [4.69, 9.17) is 0 Å². The average molecular weight is 295 g/mol. The molecule has 0 atom stereocenters. The van der Waals surface area contributed by atoms with Gasteiger partial charge >= 0.3 is 5.69 Å². The Morgan fingerprint density at radius 1 is 1.00 bits per heavy atom. The van der Waals surface area contributed by atoms with E-state index in [0.717, 1.165) is 22.4 Å². The highest BCUT2D eigenvalue weighted by atomic mass is 16.2. The molecule has 110 valence electrons. The van der Waals surface area contributed by atoms with Crippen LogP contribution in [0.5, 0.6) is 0 Å². The number of hydrogen-bond acceptors (Lipinski definition) is 3. The second-order valence-corrected chi connectivity index (χ2v) is 4.86. The highest BCUT2D eigenvalue weighted by molar-refractivity contribution is 5.95. The van der Waals surface area contributed by atoms with Gasteiger partial charge in [-0.3, -0.25) is 19.6 Å². The number of aromatic amines is 2. The molecule has 0 saturated carbocycles. The molecule has 2 aromatic carbocycles. The van der Waals surface area contributed by atoms with Crippen LogP contribution in [0, 0.1) is 0 Å². The number of aromatic nitrogens is 2. The molecule has 0 aliphatic heterocycles. The fraction of sp³-hybridized carbons (Fsp3) is 0.0625. The Hall–Kier alpha value is -3.15. The molecule has 3 aromatic rings. The van der Waals surface area contributed by atoms with E-state index in [0.29, 0.717) is 0 Å². The number of amides is 1. The zero-order valence-electron chi connectivity index (χ0n) is 11.6. The standard InChI is InChI=1S/C16H13N3O3/c20-14(17-13-9-15(21)19-16(22)18-13)8-11-6-3-5-10-4-1-2-7-12(10)11/h1-7,9H,8H2,(H3,17,18,19,20,21,22). The van der Waals surface area contributed by atoms with Crippen LogP contribution in [-0.2, 0) is 11.2 Å². The van der Waals surface area contributed by atoms with Crippen molar-refractivity contribution in [3.63, 3.8) is 0 Å². The third-order valence-electron chi connectivity index (χ3n) is 3.27. The van der Waals surface area contributed by atoms with Crippen molar-refractivity contribution in [2.24, 2.45) is 0 Å². The van der Waals surface area contributed by atoms with Gasteiger partial charge in [0.2, 0.25) is 5.91 Å². The largest absolute Gasteiger partial charge is 0.327 e. The van der Waals surface area contributed by atoms with Gasteiger partial charge < -0.3 is 5.32 Å². The molecule has 0 aliphatic carbocycles. The number of hydrogen-bond donors (Lipinski definition) is 3. The van der Waals surface area contributed by atoms with Crippen molar-refractivity contribution in [1.82, 2.24) is 9.97 Å². The lowest BCUT2D eigenvalue weighted by molar-refractivity contribution is -0.115. The molecule has 0 fully saturated rings. The molecule has 3 rings (SSSR count). The van der Waals surface area contributed by atoms with E-state index >= 15 is 0 Å². The number of anilines is 1. The Morgan fingerprint density at radius 2 is 1.77 bits per heavy atom. The summed E-state index contributed by atoms with van der Waals surface area (Å²) in [6, 6.07) is 14.7. The Kier molecular flexibility index (Phi) is 3.57. The Balaban J connectivity index is 1.84. The van der Waals surface area contributed by atoms with Gasteiger partial charge in [-0.25, -0.2) is 4.79 Å². The maximum Gasteiger partial charge on any atom is 0.327 e. The van der Waals surface area contributed by atoms with Crippen LogP contribution in [0.3, 0.4) is 0 Å². The van der Waals surface area contributed by atoms with E-state index in [1.807, 2.05) is 47.4 Å². The molecule has 0 radical (unpaired) electrons. The number of carbonyl (C=O) groups is 1. The summed E-state index contributed by atoms with van der Waals surface area (Å²) in [6.07, 6.45) is 0.149. The van der Waals surface area contributed by atoms with Crippen molar-refractivity contribution in [2.75, 3.05) is 5.32 Å². The number of rotatable bonds is 3. The van der Waals surface area contributed by atoms with Crippen molar-refractivity contribution >= 4 is 22.5 Å². The Bertz CT molecular complexity index is 923. The summed E-state index contributed by atoms with van der Waals surface area (Å²) in [5.74, 6) is -0.225. The summed E-state index contributed by atoms with van der Waals surface area (Å²) in [6.45, 7) is 0. The summed E-state index contributed by atoms with van der Waals surface area (Å²) < 4.78 is 0. The fourth-order valence-corrected chi connectivity index (χ4v) is 2.35. The minimum absolute atomic E-state index is 0.0824. The summed E-state index contributed by atoms with van der Waals surface area (Å²) in [4.78, 5) is 38.9. The molecular weight excluding hydrogens is 282 g/mol. The van der Waals surface area contributed by atoms with Crippen LogP contribution in [0.1, 0.15) is 5.56 Å². The quantitative estimate of drug-likeness (QED) is 0.681. The number of fused-ring (bicyclic) bond motifs is 1. The van der Waals surface area contributed by atoms with Gasteiger partial charge in [0.15, 0.2) is 0 Å². The number of benzene rings is 2. The average Bonchev–Trinajstić information content (AvgIpc) is 2.46. The lowest BCUT2D eigenvalue weighted by Gasteiger charge is -2.07.